The summed E-state index contributed by atoms with van der Waals surface area (Å²) in [7, 11) is 8.94. The third-order valence-corrected chi connectivity index (χ3v) is 11.1. The Kier molecular flexibility index (Phi) is 22.9. The van der Waals surface area contributed by atoms with Gasteiger partial charge in [-0.05, 0) is 88.8 Å². The molecule has 0 radical (unpaired) electrons. The molecule has 2 aromatic rings. The molecule has 9 heteroatoms. The second-order valence-electron chi connectivity index (χ2n) is 14.2. The molecule has 46 heavy (non-hydrogen) atoms. The molecular weight excluding hydrogens is 826 g/mol. The van der Waals surface area contributed by atoms with Gasteiger partial charge in [0.2, 0.25) is 0 Å². The molecule has 2 N–H and O–H groups in total. The van der Waals surface area contributed by atoms with Gasteiger partial charge in [0.1, 0.15) is 0 Å². The Morgan fingerprint density at radius 1 is 0.652 bits per heavy atom. The van der Waals surface area contributed by atoms with Crippen LogP contribution in [0.5, 0.6) is 0 Å². The molecule has 2 heterocycles. The summed E-state index contributed by atoms with van der Waals surface area (Å²) >= 11 is 2.42. The summed E-state index contributed by atoms with van der Waals surface area (Å²) in [6.45, 7) is 21.5. The van der Waals surface area contributed by atoms with E-state index in [4.69, 9.17) is 0 Å². The van der Waals surface area contributed by atoms with Crippen LogP contribution in [0.1, 0.15) is 94.2 Å². The molecule has 0 saturated carbocycles. The van der Waals surface area contributed by atoms with Gasteiger partial charge < -0.3 is 50.8 Å². The molecule has 0 amide bonds. The van der Waals surface area contributed by atoms with Gasteiger partial charge in [-0.2, -0.15) is 0 Å². The quantitative estimate of drug-likeness (QED) is 0.229. The summed E-state index contributed by atoms with van der Waals surface area (Å²) in [5.74, 6) is 0.749. The molecule has 0 bridgehead atoms. The van der Waals surface area contributed by atoms with Crippen molar-refractivity contribution >= 4 is 20.8 Å². The molecule has 2 aliphatic rings. The van der Waals surface area contributed by atoms with E-state index in [2.05, 4.69) is 135 Å². The molecule has 0 aromatic heterocycles. The zero-order chi connectivity index (χ0) is 31.9. The summed E-state index contributed by atoms with van der Waals surface area (Å²) in [5.41, 5.74) is 6.80. The van der Waals surface area contributed by atoms with Crippen LogP contribution in [0.2, 0.25) is 0 Å². The number of carbonyl (C=O) groups excluding carboxylic acids is 2. The molecule has 2 aromatic carbocycles. The van der Waals surface area contributed by atoms with Gasteiger partial charge >= 0.3 is 29.2 Å². The van der Waals surface area contributed by atoms with Gasteiger partial charge in [-0.3, -0.25) is 9.59 Å². The fourth-order valence-electron chi connectivity index (χ4n) is 6.80. The Morgan fingerprint density at radius 2 is 0.870 bits per heavy atom. The number of hydrogen-bond donors (Lipinski definition) is 0. The number of hydrogen-bond acceptors (Lipinski definition) is 2. The number of Topliss-reactive ketones (excluding diaryl/α,β-unsaturated/α-hetero) is 2. The van der Waals surface area contributed by atoms with E-state index < -0.39 is 0 Å². The van der Waals surface area contributed by atoms with Gasteiger partial charge in [-0.1, -0.05) is 43.8 Å². The van der Waals surface area contributed by atoms with Crippen molar-refractivity contribution in [1.82, 2.24) is 0 Å². The van der Waals surface area contributed by atoms with Gasteiger partial charge in [-0.25, -0.2) is 0 Å². The van der Waals surface area contributed by atoms with Crippen molar-refractivity contribution in [3.8, 4) is 0 Å². The van der Waals surface area contributed by atoms with Gasteiger partial charge in [0.25, 0.3) is 0 Å². The fourth-order valence-corrected chi connectivity index (χ4v) is 6.80. The van der Waals surface area contributed by atoms with Gasteiger partial charge in [0.05, 0.1) is 40.3 Å². The Hall–Kier alpha value is -0.290. The third-order valence-electron chi connectivity index (χ3n) is 11.1. The van der Waals surface area contributed by atoms with E-state index in [0.29, 0.717) is 24.4 Å². The summed E-state index contributed by atoms with van der Waals surface area (Å²) in [6, 6.07) is 12.6. The predicted octanol–water partition coefficient (Wildman–Crippen LogP) is 1.37. The first kappa shape index (κ1) is 50.1. The van der Waals surface area contributed by atoms with Crippen molar-refractivity contribution in [2.45, 2.75) is 112 Å². The normalized spacial score (nSPS) is 16.0. The monoisotopic (exact) mass is 886 g/mol. The minimum Gasteiger partial charge on any atom is -1.00 e. The largest absolute Gasteiger partial charge is 1.00 e. The first-order valence-corrected chi connectivity index (χ1v) is 17.4. The number of likely N-dealkylation sites (N-methyl/N-ethyl adjacent to an activating group) is 2. The van der Waals surface area contributed by atoms with E-state index in [1.54, 1.807) is 0 Å². The standard InChI is InChI=1S/2C18H28NO.CH4.Ag.2ClH.HI.H2O/c2*1-14-9-8-10-15(2)16(14)13-17(20)18(3,4)19(5)11-6-7-12-19;;;;;;/h2*8-10H,6-7,11-13H2,1-5H3;1H4;;3*1H;1H2/q2*+1;;+1;;;;/p-3. The van der Waals surface area contributed by atoms with Crippen molar-refractivity contribution in [2.75, 3.05) is 40.3 Å². The van der Waals surface area contributed by atoms with E-state index in [-0.39, 0.29) is 60.4 Å². The summed E-state index contributed by atoms with van der Waals surface area (Å²) in [4.78, 5) is 25.8. The zero-order valence-electron chi connectivity index (χ0n) is 29.2. The van der Waals surface area contributed by atoms with Crippen LogP contribution in [0.3, 0.4) is 0 Å². The number of carbonyl (C=O) groups is 2. The molecule has 0 aliphatic carbocycles. The van der Waals surface area contributed by atoms with E-state index in [1.807, 2.05) is 0 Å². The van der Waals surface area contributed by atoms with E-state index in [9.17, 15) is 9.59 Å². The van der Waals surface area contributed by atoms with Gasteiger partial charge in [0.15, 0.2) is 22.6 Å². The van der Waals surface area contributed by atoms with Crippen LogP contribution in [0.4, 0.5) is 0 Å². The smallest absolute Gasteiger partial charge is 1.00 e. The summed E-state index contributed by atoms with van der Waals surface area (Å²) < 4.78 is 1.80. The van der Waals surface area contributed by atoms with E-state index >= 15 is 0 Å². The van der Waals surface area contributed by atoms with Crippen molar-refractivity contribution in [3.05, 3.63) is 69.8 Å². The third kappa shape index (κ3) is 11.4. The average molecular weight is 889 g/mol. The van der Waals surface area contributed by atoms with Crippen molar-refractivity contribution in [2.24, 2.45) is 0 Å². The van der Waals surface area contributed by atoms with Crippen molar-refractivity contribution in [1.29, 1.82) is 0 Å². The molecule has 0 unspecified atom stereocenters. The first-order chi connectivity index (χ1) is 19.6. The SMILES string of the molecule is C.Cc1cccc(C)c1CC(=O)C(C)(C)[N+]1(C)CCCC1.Cc1cccc(C)c1CC(=O)C(C)(C)[N+]1(C)CCCC1.O.[Cl-].[Cl][Ag].[I-]. The van der Waals surface area contributed by atoms with Crippen LogP contribution in [-0.4, -0.2) is 77.4 Å². The maximum Gasteiger partial charge on any atom is -1.00 e. The number of ketones is 2. The first-order valence-electron chi connectivity index (χ1n) is 15.5. The van der Waals surface area contributed by atoms with Gasteiger partial charge in [0, 0.05) is 38.5 Å². The van der Waals surface area contributed by atoms with Crippen LogP contribution >= 0.6 is 9.19 Å². The Bertz CT molecular complexity index is 1110. The molecule has 270 valence electrons. The van der Waals surface area contributed by atoms with Crippen LogP contribution in [0.15, 0.2) is 36.4 Å². The number of rotatable bonds is 8. The number of aryl methyl sites for hydroxylation is 4. The molecule has 0 spiro atoms. The zero-order valence-corrected chi connectivity index (χ0v) is 34.3. The predicted molar refractivity (Wildman–Crippen MR) is 184 cm³/mol. The maximum atomic E-state index is 12.9. The second kappa shape index (κ2) is 21.0. The van der Waals surface area contributed by atoms with Gasteiger partial charge in [-0.15, -0.1) is 0 Å². The molecule has 4 rings (SSSR count). The van der Waals surface area contributed by atoms with Crippen LogP contribution in [0, 0.1) is 27.7 Å². The Morgan fingerprint density at radius 3 is 1.09 bits per heavy atom. The molecule has 2 fully saturated rings. The number of likely N-dealkylation sites (tertiary alicyclic amines) is 2. The fraction of sp³-hybridized carbons (Fsp3) is 0.622. The maximum absolute atomic E-state index is 12.9. The van der Waals surface area contributed by atoms with E-state index in [0.717, 1.165) is 35.1 Å². The topological polar surface area (TPSA) is 65.6 Å². The van der Waals surface area contributed by atoms with E-state index in [1.165, 1.54) is 59.1 Å². The van der Waals surface area contributed by atoms with Crippen LogP contribution < -0.4 is 36.4 Å². The number of halogens is 3. The second-order valence-corrected chi connectivity index (χ2v) is 14.2. The molecule has 5 nitrogen and oxygen atoms in total. The summed E-state index contributed by atoms with van der Waals surface area (Å²) in [6.07, 6.45) is 6.12. The van der Waals surface area contributed by atoms with Crippen LogP contribution in [0.25, 0.3) is 0 Å². The Labute approximate surface area is 321 Å². The number of quaternary nitrogens is 2. The van der Waals surface area contributed by atoms with Crippen molar-refractivity contribution < 1.29 is 80.4 Å². The summed E-state index contributed by atoms with van der Waals surface area (Å²) in [5, 5.41) is 0. The minimum atomic E-state index is -0.286. The van der Waals surface area contributed by atoms with Crippen LogP contribution in [-0.2, 0) is 42.4 Å². The number of benzene rings is 2. The molecule has 2 aliphatic heterocycles. The number of nitrogens with zero attached hydrogens (tertiary/aromatic N) is 2. The molecular formula is C37H62AgCl2IN2O3. The van der Waals surface area contributed by atoms with Crippen molar-refractivity contribution in [3.63, 3.8) is 0 Å². The molecule has 0 atom stereocenters. The minimum absolute atomic E-state index is 0. The Balaban J connectivity index is -0.000000704. The average Bonchev–Trinajstić information content (AvgIpc) is 3.60. The molecule has 2 saturated heterocycles.